The summed E-state index contributed by atoms with van der Waals surface area (Å²) in [5.41, 5.74) is 0.875. The van der Waals surface area contributed by atoms with Crippen molar-refractivity contribution < 1.29 is 17.6 Å². The van der Waals surface area contributed by atoms with E-state index in [-0.39, 0.29) is 10.8 Å². The van der Waals surface area contributed by atoms with Crippen LogP contribution in [-0.2, 0) is 15.8 Å². The summed E-state index contributed by atoms with van der Waals surface area (Å²) in [5.74, 6) is 2.33. The molecule has 0 aliphatic carbocycles. The highest BCUT2D eigenvalue weighted by atomic mass is 32.2. The van der Waals surface area contributed by atoms with Gasteiger partial charge in [-0.25, -0.2) is 8.42 Å². The number of nitrogens with zero attached hydrogens (tertiary/aromatic N) is 1. The molecule has 0 unspecified atom stereocenters. The van der Waals surface area contributed by atoms with Crippen molar-refractivity contribution in [2.75, 3.05) is 23.7 Å². The van der Waals surface area contributed by atoms with Gasteiger partial charge >= 0.3 is 0 Å². The molecule has 6 nitrogen and oxygen atoms in total. The Balaban J connectivity index is 1.54. The quantitative estimate of drug-likeness (QED) is 0.475. The first-order valence-corrected chi connectivity index (χ1v) is 12.1. The molecular weight excluding hydrogens is 420 g/mol. The van der Waals surface area contributed by atoms with Crippen LogP contribution in [-0.4, -0.2) is 33.7 Å². The van der Waals surface area contributed by atoms with Crippen LogP contribution in [0, 0.1) is 0 Å². The van der Waals surface area contributed by atoms with Gasteiger partial charge in [-0.3, -0.25) is 9.10 Å². The first-order chi connectivity index (χ1) is 14.5. The molecule has 0 aliphatic rings. The number of para-hydroxylation sites is 1. The molecule has 3 aromatic rings. The Kier molecular flexibility index (Phi) is 7.59. The zero-order chi connectivity index (χ0) is 21.4. The van der Waals surface area contributed by atoms with Crippen molar-refractivity contribution in [1.29, 1.82) is 0 Å². The van der Waals surface area contributed by atoms with Crippen molar-refractivity contribution in [3.63, 3.8) is 0 Å². The molecule has 0 fully saturated rings. The zero-order valence-electron chi connectivity index (χ0n) is 16.7. The number of hydrogen-bond acceptors (Lipinski definition) is 5. The van der Waals surface area contributed by atoms with Gasteiger partial charge in [0.1, 0.15) is 5.76 Å². The highest BCUT2D eigenvalue weighted by molar-refractivity contribution is 7.98. The van der Waals surface area contributed by atoms with E-state index >= 15 is 0 Å². The number of nitrogens with one attached hydrogen (secondary N) is 1. The molecule has 0 saturated heterocycles. The van der Waals surface area contributed by atoms with Gasteiger partial charge in [0.2, 0.25) is 0 Å². The smallest absolute Gasteiger partial charge is 0.264 e. The summed E-state index contributed by atoms with van der Waals surface area (Å²) in [7, 11) is -2.26. The number of amides is 1. The van der Waals surface area contributed by atoms with Gasteiger partial charge in [-0.2, -0.15) is 11.8 Å². The van der Waals surface area contributed by atoms with Gasteiger partial charge in [-0.1, -0.05) is 24.3 Å². The topological polar surface area (TPSA) is 79.6 Å². The zero-order valence-corrected chi connectivity index (χ0v) is 18.3. The van der Waals surface area contributed by atoms with Gasteiger partial charge in [-0.05, 0) is 54.6 Å². The number of benzene rings is 2. The molecule has 0 spiro atoms. The normalized spacial score (nSPS) is 11.2. The van der Waals surface area contributed by atoms with Gasteiger partial charge in [0, 0.05) is 19.2 Å². The molecular formula is C22H24N2O4S2. The summed E-state index contributed by atoms with van der Waals surface area (Å²) in [5, 5.41) is 2.85. The van der Waals surface area contributed by atoms with Crippen LogP contribution in [0.2, 0.25) is 0 Å². The Labute approximate surface area is 181 Å². The average Bonchev–Trinajstić information content (AvgIpc) is 3.29. The van der Waals surface area contributed by atoms with Crippen LogP contribution in [0.1, 0.15) is 22.5 Å². The Morgan fingerprint density at radius 1 is 1.07 bits per heavy atom. The van der Waals surface area contributed by atoms with E-state index < -0.39 is 10.0 Å². The maximum absolute atomic E-state index is 12.9. The number of carbonyl (C=O) groups excluding carboxylic acids is 1. The summed E-state index contributed by atoms with van der Waals surface area (Å²) in [6.07, 6.45) is 2.47. The maximum atomic E-state index is 12.9. The molecule has 0 aliphatic heterocycles. The van der Waals surface area contributed by atoms with E-state index in [0.717, 1.165) is 23.7 Å². The molecule has 1 aromatic heterocycles. The minimum Gasteiger partial charge on any atom is -0.468 e. The Morgan fingerprint density at radius 2 is 1.87 bits per heavy atom. The second-order valence-corrected chi connectivity index (χ2v) is 9.65. The largest absolute Gasteiger partial charge is 0.468 e. The molecule has 0 radical (unpaired) electrons. The predicted molar refractivity (Wildman–Crippen MR) is 120 cm³/mol. The number of hydrogen-bond donors (Lipinski definition) is 1. The molecule has 1 amide bonds. The summed E-state index contributed by atoms with van der Waals surface area (Å²) in [6, 6.07) is 18.7. The summed E-state index contributed by atoms with van der Waals surface area (Å²) >= 11 is 1.74. The van der Waals surface area contributed by atoms with Crippen LogP contribution in [0.4, 0.5) is 5.69 Å². The Hall–Kier alpha value is -2.71. The maximum Gasteiger partial charge on any atom is 0.264 e. The number of carbonyl (C=O) groups is 1. The first-order valence-electron chi connectivity index (χ1n) is 9.51. The van der Waals surface area contributed by atoms with Crippen LogP contribution < -0.4 is 9.62 Å². The average molecular weight is 445 g/mol. The predicted octanol–water partition coefficient (Wildman–Crippen LogP) is 4.16. The molecule has 0 atom stereocenters. The lowest BCUT2D eigenvalue weighted by atomic mass is 10.2. The van der Waals surface area contributed by atoms with E-state index in [1.807, 2.05) is 18.2 Å². The van der Waals surface area contributed by atoms with Crippen LogP contribution >= 0.6 is 11.8 Å². The van der Waals surface area contributed by atoms with Gasteiger partial charge in [0.25, 0.3) is 15.9 Å². The number of sulfonamides is 1. The minimum atomic E-state index is -3.76. The third-order valence-corrected chi connectivity index (χ3v) is 7.30. The van der Waals surface area contributed by atoms with Crippen LogP contribution in [0.3, 0.4) is 0 Å². The second kappa shape index (κ2) is 10.4. The molecule has 1 N–H and O–H groups in total. The minimum absolute atomic E-state index is 0.0792. The van der Waals surface area contributed by atoms with E-state index in [2.05, 4.69) is 5.32 Å². The summed E-state index contributed by atoms with van der Waals surface area (Å²) in [4.78, 5) is 12.5. The standard InChI is InChI=1S/C22H24N2O4S2/c1-24(19-9-3-2-4-10-19)30(26,27)21-12-5-8-18(16-21)22(25)23-13-7-15-29-17-20-11-6-14-28-20/h2-6,8-12,14,16H,7,13,15,17H2,1H3,(H,23,25). The van der Waals surface area contributed by atoms with Crippen molar-refractivity contribution >= 4 is 33.4 Å². The molecule has 3 rings (SSSR count). The first kappa shape index (κ1) is 22.0. The number of rotatable bonds is 10. The Morgan fingerprint density at radius 3 is 2.60 bits per heavy atom. The van der Waals surface area contributed by atoms with Gasteiger partial charge < -0.3 is 9.73 Å². The van der Waals surface area contributed by atoms with Gasteiger partial charge in [0.15, 0.2) is 0 Å². The van der Waals surface area contributed by atoms with E-state index in [1.165, 1.54) is 23.5 Å². The fourth-order valence-electron chi connectivity index (χ4n) is 2.78. The van der Waals surface area contributed by atoms with Gasteiger partial charge in [-0.15, -0.1) is 0 Å². The van der Waals surface area contributed by atoms with Crippen molar-refractivity contribution in [2.45, 2.75) is 17.1 Å². The third-order valence-electron chi connectivity index (χ3n) is 4.45. The number of anilines is 1. The molecule has 0 bridgehead atoms. The molecule has 30 heavy (non-hydrogen) atoms. The summed E-state index contributed by atoms with van der Waals surface area (Å²) < 4.78 is 32.3. The van der Waals surface area contributed by atoms with Crippen molar-refractivity contribution in [3.05, 3.63) is 84.3 Å². The van der Waals surface area contributed by atoms with Crippen LogP contribution in [0.25, 0.3) is 0 Å². The van der Waals surface area contributed by atoms with E-state index in [1.54, 1.807) is 54.4 Å². The van der Waals surface area contributed by atoms with E-state index in [9.17, 15) is 13.2 Å². The van der Waals surface area contributed by atoms with Crippen LogP contribution in [0.5, 0.6) is 0 Å². The lowest BCUT2D eigenvalue weighted by molar-refractivity contribution is 0.0953. The van der Waals surface area contributed by atoms with Crippen molar-refractivity contribution in [1.82, 2.24) is 5.32 Å². The third kappa shape index (κ3) is 5.67. The summed E-state index contributed by atoms with van der Waals surface area (Å²) in [6.45, 7) is 0.519. The second-order valence-electron chi connectivity index (χ2n) is 6.58. The highest BCUT2D eigenvalue weighted by Crippen LogP contribution is 2.22. The fourth-order valence-corrected chi connectivity index (χ4v) is 4.88. The number of thioether (sulfide) groups is 1. The molecule has 158 valence electrons. The van der Waals surface area contributed by atoms with Crippen molar-refractivity contribution in [2.24, 2.45) is 0 Å². The molecule has 8 heteroatoms. The number of furan rings is 1. The molecule has 2 aromatic carbocycles. The Bertz CT molecular complexity index is 1050. The fraction of sp³-hybridized carbons (Fsp3) is 0.227. The SMILES string of the molecule is CN(c1ccccc1)S(=O)(=O)c1cccc(C(=O)NCCCSCc2ccco2)c1. The monoisotopic (exact) mass is 444 g/mol. The van der Waals surface area contributed by atoms with E-state index in [0.29, 0.717) is 17.8 Å². The van der Waals surface area contributed by atoms with Gasteiger partial charge in [0.05, 0.1) is 22.6 Å². The van der Waals surface area contributed by atoms with Crippen molar-refractivity contribution in [3.8, 4) is 0 Å². The lowest BCUT2D eigenvalue weighted by Crippen LogP contribution is -2.28. The lowest BCUT2D eigenvalue weighted by Gasteiger charge is -2.19. The molecule has 1 heterocycles. The molecule has 0 saturated carbocycles. The van der Waals surface area contributed by atoms with E-state index in [4.69, 9.17) is 4.42 Å². The highest BCUT2D eigenvalue weighted by Gasteiger charge is 2.22. The van der Waals surface area contributed by atoms with Crippen LogP contribution in [0.15, 0.2) is 82.3 Å².